The van der Waals surface area contributed by atoms with Crippen LogP contribution < -0.4 is 9.47 Å². The topological polar surface area (TPSA) is 58.9 Å². The van der Waals surface area contributed by atoms with E-state index in [1.165, 1.54) is 0 Å². The number of ether oxygens (including phenoxy) is 2. The Bertz CT molecular complexity index is 301. The van der Waals surface area contributed by atoms with Crippen molar-refractivity contribution in [1.82, 2.24) is 0 Å². The summed E-state index contributed by atoms with van der Waals surface area (Å²) in [7, 11) is 0. The fourth-order valence-electron chi connectivity index (χ4n) is 1.14. The van der Waals surface area contributed by atoms with Crippen molar-refractivity contribution in [3.05, 3.63) is 24.3 Å². The predicted octanol–water partition coefficient (Wildman–Crippen LogP) is 1.21. The molecule has 0 aliphatic heterocycles. The molecule has 0 heterocycles. The monoisotopic (exact) mass is 226 g/mol. The normalized spacial score (nSPS) is 12.2. The second-order valence-electron chi connectivity index (χ2n) is 3.44. The first-order chi connectivity index (χ1) is 7.77. The summed E-state index contributed by atoms with van der Waals surface area (Å²) < 4.78 is 10.8. The molecular weight excluding hydrogens is 208 g/mol. The van der Waals surface area contributed by atoms with Gasteiger partial charge in [0.15, 0.2) is 11.5 Å². The second kappa shape index (κ2) is 7.09. The van der Waals surface area contributed by atoms with Crippen molar-refractivity contribution in [2.45, 2.75) is 19.4 Å². The highest BCUT2D eigenvalue weighted by Gasteiger charge is 2.07. The molecule has 0 saturated carbocycles. The first kappa shape index (κ1) is 12.8. The van der Waals surface area contributed by atoms with Crippen molar-refractivity contribution in [3.8, 4) is 11.5 Å². The lowest BCUT2D eigenvalue weighted by Gasteiger charge is -2.13. The van der Waals surface area contributed by atoms with Crippen LogP contribution in [0.1, 0.15) is 13.3 Å². The number of para-hydroxylation sites is 2. The Balaban J connectivity index is 2.56. The quantitative estimate of drug-likeness (QED) is 0.733. The zero-order chi connectivity index (χ0) is 11.8. The fourth-order valence-corrected chi connectivity index (χ4v) is 1.14. The van der Waals surface area contributed by atoms with Gasteiger partial charge in [0.25, 0.3) is 0 Å². The summed E-state index contributed by atoms with van der Waals surface area (Å²) in [4.78, 5) is 0. The molecule has 0 spiro atoms. The molecule has 16 heavy (non-hydrogen) atoms. The van der Waals surface area contributed by atoms with Crippen LogP contribution in [0.4, 0.5) is 0 Å². The van der Waals surface area contributed by atoms with Gasteiger partial charge in [-0.15, -0.1) is 0 Å². The smallest absolute Gasteiger partial charge is 0.161 e. The van der Waals surface area contributed by atoms with E-state index >= 15 is 0 Å². The third-order valence-electron chi connectivity index (χ3n) is 1.95. The van der Waals surface area contributed by atoms with E-state index in [1.54, 1.807) is 6.07 Å². The Hall–Kier alpha value is -1.26. The lowest BCUT2D eigenvalue weighted by atomic mass is 10.3. The van der Waals surface area contributed by atoms with Crippen molar-refractivity contribution in [2.24, 2.45) is 0 Å². The van der Waals surface area contributed by atoms with Gasteiger partial charge >= 0.3 is 0 Å². The molecule has 90 valence electrons. The van der Waals surface area contributed by atoms with Gasteiger partial charge in [0.1, 0.15) is 12.7 Å². The molecule has 0 aliphatic rings. The summed E-state index contributed by atoms with van der Waals surface area (Å²) in [6.07, 6.45) is 0.0624. The summed E-state index contributed by atoms with van der Waals surface area (Å²) >= 11 is 0. The predicted molar refractivity (Wildman–Crippen MR) is 60.8 cm³/mol. The lowest BCUT2D eigenvalue weighted by molar-refractivity contribution is 0.0525. The van der Waals surface area contributed by atoms with E-state index in [0.717, 1.165) is 6.42 Å². The van der Waals surface area contributed by atoms with Crippen LogP contribution in [0.15, 0.2) is 24.3 Å². The van der Waals surface area contributed by atoms with Crippen LogP contribution in [-0.2, 0) is 0 Å². The molecule has 0 saturated heterocycles. The van der Waals surface area contributed by atoms with E-state index < -0.39 is 6.10 Å². The van der Waals surface area contributed by atoms with Gasteiger partial charge in [-0.2, -0.15) is 0 Å². The number of aliphatic hydroxyl groups is 2. The summed E-state index contributed by atoms with van der Waals surface area (Å²) in [5, 5.41) is 17.8. The molecule has 4 heteroatoms. The molecule has 4 nitrogen and oxygen atoms in total. The molecule has 0 aliphatic carbocycles. The Morgan fingerprint density at radius 1 is 1.19 bits per heavy atom. The van der Waals surface area contributed by atoms with E-state index in [2.05, 4.69) is 0 Å². The van der Waals surface area contributed by atoms with Crippen LogP contribution in [0, 0.1) is 0 Å². The highest BCUT2D eigenvalue weighted by Crippen LogP contribution is 2.26. The number of hydrogen-bond donors (Lipinski definition) is 2. The molecule has 0 unspecified atom stereocenters. The minimum absolute atomic E-state index is 0.0585. The number of benzene rings is 1. The second-order valence-corrected chi connectivity index (χ2v) is 3.44. The highest BCUT2D eigenvalue weighted by atomic mass is 16.5. The van der Waals surface area contributed by atoms with Crippen LogP contribution in [0.5, 0.6) is 11.5 Å². The Morgan fingerprint density at radius 3 is 2.38 bits per heavy atom. The molecule has 0 fully saturated rings. The minimum Gasteiger partial charge on any atom is -0.490 e. The van der Waals surface area contributed by atoms with Crippen molar-refractivity contribution in [3.63, 3.8) is 0 Å². The van der Waals surface area contributed by atoms with E-state index in [-0.39, 0.29) is 13.2 Å². The number of hydrogen-bond acceptors (Lipinski definition) is 4. The Morgan fingerprint density at radius 2 is 1.81 bits per heavy atom. The van der Waals surface area contributed by atoms with Gasteiger partial charge < -0.3 is 19.7 Å². The summed E-state index contributed by atoms with van der Waals surface area (Å²) in [5.74, 6) is 1.25. The van der Waals surface area contributed by atoms with Crippen LogP contribution in [0.25, 0.3) is 0 Å². The maximum absolute atomic E-state index is 9.17. The molecule has 2 N–H and O–H groups in total. The molecule has 0 amide bonds. The molecule has 1 aromatic rings. The maximum Gasteiger partial charge on any atom is 0.161 e. The van der Waals surface area contributed by atoms with Gasteiger partial charge in [-0.05, 0) is 18.6 Å². The zero-order valence-electron chi connectivity index (χ0n) is 9.43. The molecule has 1 rings (SSSR count). The summed E-state index contributed by atoms with van der Waals surface area (Å²) in [5.41, 5.74) is 0. The number of aliphatic hydroxyl groups excluding tert-OH is 2. The average Bonchev–Trinajstić information content (AvgIpc) is 2.34. The third-order valence-corrected chi connectivity index (χ3v) is 1.95. The van der Waals surface area contributed by atoms with Crippen LogP contribution in [0.3, 0.4) is 0 Å². The maximum atomic E-state index is 9.17. The minimum atomic E-state index is -0.862. The van der Waals surface area contributed by atoms with Gasteiger partial charge in [0.05, 0.1) is 13.2 Å². The standard InChI is InChI=1S/C12H18O4/c1-2-7-15-11-5-3-4-6-12(11)16-9-10(14)8-13/h3-6,10,13-14H,2,7-9H2,1H3/t10-/m1/s1. The Kier molecular flexibility index (Phi) is 5.67. The molecule has 1 aromatic carbocycles. The summed E-state index contributed by atoms with van der Waals surface area (Å²) in [6, 6.07) is 7.28. The lowest BCUT2D eigenvalue weighted by Crippen LogP contribution is -2.21. The highest BCUT2D eigenvalue weighted by molar-refractivity contribution is 5.39. The van der Waals surface area contributed by atoms with Crippen molar-refractivity contribution < 1.29 is 19.7 Å². The van der Waals surface area contributed by atoms with Crippen LogP contribution in [0.2, 0.25) is 0 Å². The zero-order valence-corrected chi connectivity index (χ0v) is 9.43. The molecule has 0 bridgehead atoms. The molecule has 0 radical (unpaired) electrons. The molecule has 0 aromatic heterocycles. The molecule has 1 atom stereocenters. The SMILES string of the molecule is CCCOc1ccccc1OC[C@H](O)CO. The molecular formula is C12H18O4. The van der Waals surface area contributed by atoms with Crippen molar-refractivity contribution in [2.75, 3.05) is 19.8 Å². The fraction of sp³-hybridized carbons (Fsp3) is 0.500. The summed E-state index contributed by atoms with van der Waals surface area (Å²) in [6.45, 7) is 2.41. The van der Waals surface area contributed by atoms with Gasteiger partial charge in [-0.3, -0.25) is 0 Å². The first-order valence-electron chi connectivity index (χ1n) is 5.41. The van der Waals surface area contributed by atoms with E-state index in [0.29, 0.717) is 18.1 Å². The first-order valence-corrected chi connectivity index (χ1v) is 5.41. The van der Waals surface area contributed by atoms with Gasteiger partial charge in [0, 0.05) is 0 Å². The van der Waals surface area contributed by atoms with Gasteiger partial charge in [-0.25, -0.2) is 0 Å². The number of rotatable bonds is 7. The van der Waals surface area contributed by atoms with Crippen LogP contribution in [-0.4, -0.2) is 36.1 Å². The van der Waals surface area contributed by atoms with Crippen molar-refractivity contribution >= 4 is 0 Å². The van der Waals surface area contributed by atoms with E-state index in [1.807, 2.05) is 25.1 Å². The van der Waals surface area contributed by atoms with E-state index in [4.69, 9.17) is 14.6 Å². The van der Waals surface area contributed by atoms with E-state index in [9.17, 15) is 5.11 Å². The third kappa shape index (κ3) is 4.08. The average molecular weight is 226 g/mol. The largest absolute Gasteiger partial charge is 0.490 e. The van der Waals surface area contributed by atoms with Crippen LogP contribution >= 0.6 is 0 Å². The van der Waals surface area contributed by atoms with Gasteiger partial charge in [-0.1, -0.05) is 19.1 Å². The Labute approximate surface area is 95.4 Å². The van der Waals surface area contributed by atoms with Gasteiger partial charge in [0.2, 0.25) is 0 Å². The van der Waals surface area contributed by atoms with Crippen molar-refractivity contribution in [1.29, 1.82) is 0 Å².